The lowest BCUT2D eigenvalue weighted by Gasteiger charge is -2.09. The van der Waals surface area contributed by atoms with Gasteiger partial charge in [0.05, 0.1) is 11.3 Å². The van der Waals surface area contributed by atoms with Crippen molar-refractivity contribution in [3.63, 3.8) is 0 Å². The summed E-state index contributed by atoms with van der Waals surface area (Å²) in [4.78, 5) is 23.1. The highest BCUT2D eigenvalue weighted by atomic mass is 79.9. The zero-order chi connectivity index (χ0) is 14.7. The molecule has 0 unspecified atom stereocenters. The van der Waals surface area contributed by atoms with E-state index in [1.54, 1.807) is 6.07 Å². The fourth-order valence-electron chi connectivity index (χ4n) is 1.63. The molecule has 1 amide bonds. The van der Waals surface area contributed by atoms with Crippen LogP contribution in [0.1, 0.15) is 20.7 Å². The molecule has 0 saturated carbocycles. The summed E-state index contributed by atoms with van der Waals surface area (Å²) in [5.41, 5.74) is 0.211. The number of nitrogens with one attached hydrogen (secondary N) is 1. The van der Waals surface area contributed by atoms with Crippen molar-refractivity contribution in [2.24, 2.45) is 0 Å². The van der Waals surface area contributed by atoms with Crippen LogP contribution in [0.4, 0.5) is 10.1 Å². The second kappa shape index (κ2) is 5.83. The fraction of sp³-hybridized carbons (Fsp3) is 0. The molecule has 0 aliphatic heterocycles. The van der Waals surface area contributed by atoms with E-state index >= 15 is 0 Å². The number of carbonyl (C=O) groups is 2. The molecule has 0 heterocycles. The molecule has 0 aliphatic carbocycles. The Bertz CT molecular complexity index is 688. The van der Waals surface area contributed by atoms with E-state index in [1.165, 1.54) is 30.3 Å². The Morgan fingerprint density at radius 1 is 1.15 bits per heavy atom. The Morgan fingerprint density at radius 2 is 1.90 bits per heavy atom. The van der Waals surface area contributed by atoms with Crippen molar-refractivity contribution in [2.45, 2.75) is 0 Å². The number of carbonyl (C=O) groups excluding carboxylic acids is 1. The molecule has 2 N–H and O–H groups in total. The van der Waals surface area contributed by atoms with Gasteiger partial charge in [-0.25, -0.2) is 9.18 Å². The van der Waals surface area contributed by atoms with Crippen molar-refractivity contribution in [1.82, 2.24) is 0 Å². The predicted molar refractivity (Wildman–Crippen MR) is 75.5 cm³/mol. The van der Waals surface area contributed by atoms with Crippen molar-refractivity contribution >= 4 is 33.5 Å². The second-order valence-corrected chi connectivity index (χ2v) is 4.88. The van der Waals surface area contributed by atoms with E-state index in [2.05, 4.69) is 21.2 Å². The van der Waals surface area contributed by atoms with Gasteiger partial charge >= 0.3 is 5.97 Å². The molecule has 20 heavy (non-hydrogen) atoms. The largest absolute Gasteiger partial charge is 0.478 e. The maximum Gasteiger partial charge on any atom is 0.337 e. The monoisotopic (exact) mass is 337 g/mol. The standard InChI is InChI=1S/C14H9BrFNO3/c15-9-4-5-12(11(7-9)14(19)20)17-13(18)8-2-1-3-10(16)6-8/h1-7H,(H,17,18)(H,19,20). The third-order valence-electron chi connectivity index (χ3n) is 2.55. The number of amides is 1. The van der Waals surface area contributed by atoms with Gasteiger partial charge in [0.15, 0.2) is 0 Å². The topological polar surface area (TPSA) is 66.4 Å². The Hall–Kier alpha value is -2.21. The molecule has 0 saturated heterocycles. The Morgan fingerprint density at radius 3 is 2.55 bits per heavy atom. The summed E-state index contributed by atoms with van der Waals surface area (Å²) in [7, 11) is 0. The van der Waals surface area contributed by atoms with Gasteiger partial charge in [0, 0.05) is 10.0 Å². The Labute approximate surface area is 122 Å². The third kappa shape index (κ3) is 3.21. The molecule has 0 atom stereocenters. The molecule has 0 bridgehead atoms. The summed E-state index contributed by atoms with van der Waals surface area (Å²) in [6.45, 7) is 0. The van der Waals surface area contributed by atoms with Gasteiger partial charge in [-0.2, -0.15) is 0 Å². The minimum Gasteiger partial charge on any atom is -0.478 e. The molecule has 0 aromatic heterocycles. The maximum absolute atomic E-state index is 13.0. The molecule has 0 aliphatic rings. The quantitative estimate of drug-likeness (QED) is 0.900. The molecule has 6 heteroatoms. The van der Waals surface area contributed by atoms with Gasteiger partial charge < -0.3 is 10.4 Å². The average Bonchev–Trinajstić information content (AvgIpc) is 2.40. The van der Waals surface area contributed by atoms with Crippen LogP contribution in [0.2, 0.25) is 0 Å². The van der Waals surface area contributed by atoms with Crippen LogP contribution in [0.5, 0.6) is 0 Å². The molecule has 2 rings (SSSR count). The van der Waals surface area contributed by atoms with Crippen molar-refractivity contribution in [1.29, 1.82) is 0 Å². The summed E-state index contributed by atoms with van der Waals surface area (Å²) < 4.78 is 13.6. The van der Waals surface area contributed by atoms with Gasteiger partial charge in [-0.15, -0.1) is 0 Å². The van der Waals surface area contributed by atoms with Crippen LogP contribution < -0.4 is 5.32 Å². The Balaban J connectivity index is 2.30. The van der Waals surface area contributed by atoms with E-state index in [1.807, 2.05) is 0 Å². The zero-order valence-corrected chi connectivity index (χ0v) is 11.6. The molecule has 102 valence electrons. The summed E-state index contributed by atoms with van der Waals surface area (Å²) in [6.07, 6.45) is 0. The molecule has 0 spiro atoms. The number of halogens is 2. The smallest absolute Gasteiger partial charge is 0.337 e. The highest BCUT2D eigenvalue weighted by Crippen LogP contribution is 2.22. The summed E-state index contributed by atoms with van der Waals surface area (Å²) in [6, 6.07) is 9.59. The first-order valence-corrected chi connectivity index (χ1v) is 6.36. The minimum absolute atomic E-state index is 0.0517. The molecule has 2 aromatic carbocycles. The lowest BCUT2D eigenvalue weighted by molar-refractivity contribution is 0.0698. The molecular formula is C14H9BrFNO3. The SMILES string of the molecule is O=C(Nc1ccc(Br)cc1C(=O)O)c1cccc(F)c1. The van der Waals surface area contributed by atoms with E-state index in [4.69, 9.17) is 5.11 Å². The number of hydrogen-bond donors (Lipinski definition) is 2. The van der Waals surface area contributed by atoms with Crippen molar-refractivity contribution in [2.75, 3.05) is 5.32 Å². The summed E-state index contributed by atoms with van der Waals surface area (Å²) in [5.74, 6) is -2.28. The Kier molecular flexibility index (Phi) is 4.14. The summed E-state index contributed by atoms with van der Waals surface area (Å²) >= 11 is 3.16. The van der Waals surface area contributed by atoms with E-state index < -0.39 is 17.7 Å². The van der Waals surface area contributed by atoms with E-state index in [0.29, 0.717) is 4.47 Å². The number of rotatable bonds is 3. The van der Waals surface area contributed by atoms with Crippen molar-refractivity contribution in [3.05, 3.63) is 63.9 Å². The number of benzene rings is 2. The second-order valence-electron chi connectivity index (χ2n) is 3.96. The van der Waals surface area contributed by atoms with Crippen LogP contribution in [0.3, 0.4) is 0 Å². The molecular weight excluding hydrogens is 329 g/mol. The van der Waals surface area contributed by atoms with Gasteiger partial charge in [0.2, 0.25) is 0 Å². The van der Waals surface area contributed by atoms with E-state index in [0.717, 1.165) is 6.07 Å². The third-order valence-corrected chi connectivity index (χ3v) is 3.04. The lowest BCUT2D eigenvalue weighted by atomic mass is 10.1. The number of aromatic carboxylic acids is 1. The predicted octanol–water partition coefficient (Wildman–Crippen LogP) is 3.54. The van der Waals surface area contributed by atoms with Gasteiger partial charge in [-0.05, 0) is 36.4 Å². The molecule has 2 aromatic rings. The van der Waals surface area contributed by atoms with E-state index in [-0.39, 0.29) is 16.8 Å². The van der Waals surface area contributed by atoms with Crippen molar-refractivity contribution < 1.29 is 19.1 Å². The van der Waals surface area contributed by atoms with Gasteiger partial charge in [-0.3, -0.25) is 4.79 Å². The summed E-state index contributed by atoms with van der Waals surface area (Å²) in [5, 5.41) is 11.5. The van der Waals surface area contributed by atoms with Crippen LogP contribution in [0.25, 0.3) is 0 Å². The minimum atomic E-state index is -1.17. The average molecular weight is 338 g/mol. The molecule has 0 fully saturated rings. The molecule has 0 radical (unpaired) electrons. The van der Waals surface area contributed by atoms with Crippen LogP contribution in [0, 0.1) is 5.82 Å². The maximum atomic E-state index is 13.0. The first-order valence-electron chi connectivity index (χ1n) is 5.57. The highest BCUT2D eigenvalue weighted by molar-refractivity contribution is 9.10. The number of hydrogen-bond acceptors (Lipinski definition) is 2. The van der Waals surface area contributed by atoms with Crippen molar-refractivity contribution in [3.8, 4) is 0 Å². The normalized spacial score (nSPS) is 10.1. The fourth-order valence-corrected chi connectivity index (χ4v) is 1.99. The first kappa shape index (κ1) is 14.2. The number of carboxylic acids is 1. The van der Waals surface area contributed by atoms with Crippen LogP contribution >= 0.6 is 15.9 Å². The molecule has 4 nitrogen and oxygen atoms in total. The number of anilines is 1. The van der Waals surface area contributed by atoms with Crippen LogP contribution in [-0.2, 0) is 0 Å². The van der Waals surface area contributed by atoms with Gasteiger partial charge in [0.25, 0.3) is 5.91 Å². The number of carboxylic acid groups (broad SMARTS) is 1. The first-order chi connectivity index (χ1) is 9.47. The van der Waals surface area contributed by atoms with Gasteiger partial charge in [-0.1, -0.05) is 22.0 Å². The van der Waals surface area contributed by atoms with Crippen LogP contribution in [-0.4, -0.2) is 17.0 Å². The van der Waals surface area contributed by atoms with Gasteiger partial charge in [0.1, 0.15) is 5.82 Å². The highest BCUT2D eigenvalue weighted by Gasteiger charge is 2.14. The van der Waals surface area contributed by atoms with E-state index in [9.17, 15) is 14.0 Å². The lowest BCUT2D eigenvalue weighted by Crippen LogP contribution is -2.15. The zero-order valence-electron chi connectivity index (χ0n) is 10.1. The van der Waals surface area contributed by atoms with Crippen LogP contribution in [0.15, 0.2) is 46.9 Å².